The molecule has 0 saturated carbocycles. The van der Waals surface area contributed by atoms with Gasteiger partial charge in [0.25, 0.3) is 6.43 Å². The van der Waals surface area contributed by atoms with Crippen molar-refractivity contribution in [3.63, 3.8) is 0 Å². The molecule has 4 atom stereocenters. The number of piperazine rings is 1. The van der Waals surface area contributed by atoms with E-state index in [1.807, 2.05) is 4.90 Å². The first-order chi connectivity index (χ1) is 21.8. The van der Waals surface area contributed by atoms with Crippen molar-refractivity contribution >= 4 is 22.4 Å². The lowest BCUT2D eigenvalue weighted by Gasteiger charge is -2.38. The zero-order chi connectivity index (χ0) is 32.7. The number of nitrogens with zero attached hydrogens (tertiary/aromatic N) is 5. The molecule has 2 aromatic heterocycles. The number of nitrogens with two attached hydrogens (primary N) is 1. The van der Waals surface area contributed by atoms with Crippen LogP contribution in [-0.4, -0.2) is 82.8 Å². The molecular weight excluding hydrogens is 623 g/mol. The van der Waals surface area contributed by atoms with Crippen molar-refractivity contribution in [2.75, 3.05) is 43.4 Å². The monoisotopic (exact) mass is 655 g/mol. The van der Waals surface area contributed by atoms with Gasteiger partial charge in [-0.3, -0.25) is 4.90 Å². The normalized spacial score (nSPS) is 26.3. The average molecular weight is 656 g/mol. The Bertz CT molecular complexity index is 1710. The van der Waals surface area contributed by atoms with Crippen LogP contribution in [0, 0.1) is 18.6 Å². The summed E-state index contributed by atoms with van der Waals surface area (Å²) >= 11 is 0. The fourth-order valence-corrected chi connectivity index (χ4v) is 7.68. The highest BCUT2D eigenvalue weighted by Gasteiger charge is 2.52. The summed E-state index contributed by atoms with van der Waals surface area (Å²) in [7, 11) is 0. The number of nitrogens with one attached hydrogen (secondary N) is 1. The molecular formula is C30H32F7N7O2. The Labute approximate surface area is 259 Å². The van der Waals surface area contributed by atoms with E-state index in [1.54, 1.807) is 11.8 Å². The first-order valence-corrected chi connectivity index (χ1v) is 15.2. The summed E-state index contributed by atoms with van der Waals surface area (Å²) in [5, 5.41) is 3.32. The Hall–Kier alpha value is -3.66. The van der Waals surface area contributed by atoms with Crippen molar-refractivity contribution in [2.24, 2.45) is 0 Å². The van der Waals surface area contributed by atoms with E-state index in [4.69, 9.17) is 15.2 Å². The summed E-state index contributed by atoms with van der Waals surface area (Å²) in [6.45, 7) is 4.59. The van der Waals surface area contributed by atoms with Crippen LogP contribution in [0.5, 0.6) is 11.9 Å². The minimum absolute atomic E-state index is 0.0304. The highest BCUT2D eigenvalue weighted by Crippen LogP contribution is 2.47. The smallest absolute Gasteiger partial charge is 0.417 e. The molecule has 248 valence electrons. The molecule has 0 unspecified atom stereocenters. The zero-order valence-electron chi connectivity index (χ0n) is 25.0. The Morgan fingerprint density at radius 3 is 2.67 bits per heavy atom. The highest BCUT2D eigenvalue weighted by molar-refractivity contribution is 5.97. The van der Waals surface area contributed by atoms with E-state index >= 15 is 4.39 Å². The molecule has 0 spiro atoms. The molecule has 0 amide bonds. The number of rotatable bonds is 5. The largest absolute Gasteiger partial charge is 0.472 e. The first kappa shape index (κ1) is 31.0. The molecule has 3 saturated heterocycles. The van der Waals surface area contributed by atoms with Crippen LogP contribution in [0.15, 0.2) is 6.07 Å². The zero-order valence-corrected chi connectivity index (χ0v) is 25.0. The minimum atomic E-state index is -5.08. The van der Waals surface area contributed by atoms with Crippen molar-refractivity contribution in [1.82, 2.24) is 25.2 Å². The summed E-state index contributed by atoms with van der Waals surface area (Å²) in [6.07, 6.45) is -6.05. The topological polar surface area (TPSA) is 102 Å². The maximum atomic E-state index is 16.6. The minimum Gasteiger partial charge on any atom is -0.472 e. The van der Waals surface area contributed by atoms with Crippen molar-refractivity contribution in [3.8, 4) is 23.1 Å². The van der Waals surface area contributed by atoms with Gasteiger partial charge in [-0.05, 0) is 57.7 Å². The predicted molar refractivity (Wildman–Crippen MR) is 154 cm³/mol. The Balaban J connectivity index is 1.41. The van der Waals surface area contributed by atoms with Crippen molar-refractivity contribution in [3.05, 3.63) is 28.8 Å². The van der Waals surface area contributed by atoms with Gasteiger partial charge in [0, 0.05) is 25.2 Å². The molecule has 0 radical (unpaired) electrons. The predicted octanol–water partition coefficient (Wildman–Crippen LogP) is 5.08. The molecule has 7 rings (SSSR count). The van der Waals surface area contributed by atoms with Gasteiger partial charge in [-0.25, -0.2) is 22.5 Å². The van der Waals surface area contributed by atoms with Crippen molar-refractivity contribution in [2.45, 2.75) is 75.9 Å². The van der Waals surface area contributed by atoms with Gasteiger partial charge in [-0.1, -0.05) is 0 Å². The van der Waals surface area contributed by atoms with E-state index in [-0.39, 0.29) is 35.7 Å². The van der Waals surface area contributed by atoms with Crippen LogP contribution in [0.25, 0.3) is 22.2 Å². The number of pyridine rings is 1. The number of aromatic nitrogens is 3. The van der Waals surface area contributed by atoms with Gasteiger partial charge >= 0.3 is 12.2 Å². The summed E-state index contributed by atoms with van der Waals surface area (Å²) in [5.41, 5.74) is 0.256. The molecule has 3 N–H and O–H groups in total. The number of hydrogen-bond donors (Lipinski definition) is 2. The van der Waals surface area contributed by atoms with Gasteiger partial charge in [0.15, 0.2) is 5.82 Å². The first-order valence-electron chi connectivity index (χ1n) is 15.2. The molecule has 3 fully saturated rings. The van der Waals surface area contributed by atoms with Crippen molar-refractivity contribution in [1.29, 1.82) is 0 Å². The second-order valence-electron chi connectivity index (χ2n) is 12.5. The lowest BCUT2D eigenvalue weighted by atomic mass is 9.95. The van der Waals surface area contributed by atoms with E-state index in [1.165, 1.54) is 0 Å². The molecule has 9 nitrogen and oxygen atoms in total. The van der Waals surface area contributed by atoms with Crippen LogP contribution >= 0.6 is 0 Å². The Morgan fingerprint density at radius 2 is 1.93 bits per heavy atom. The van der Waals surface area contributed by atoms with E-state index in [0.717, 1.165) is 6.92 Å². The van der Waals surface area contributed by atoms with Crippen LogP contribution in [-0.2, 0) is 6.18 Å². The maximum Gasteiger partial charge on any atom is 0.417 e. The highest BCUT2D eigenvalue weighted by atomic mass is 19.4. The van der Waals surface area contributed by atoms with E-state index < -0.39 is 75.5 Å². The lowest BCUT2D eigenvalue weighted by Crippen LogP contribution is -2.56. The second-order valence-corrected chi connectivity index (χ2v) is 12.5. The maximum absolute atomic E-state index is 16.6. The number of benzene rings is 1. The van der Waals surface area contributed by atoms with Crippen LogP contribution in [0.4, 0.5) is 42.2 Å². The summed E-state index contributed by atoms with van der Waals surface area (Å²) in [5.74, 6) is -2.47. The third-order valence-electron chi connectivity index (χ3n) is 9.89. The number of hydrogen-bond acceptors (Lipinski definition) is 9. The fraction of sp³-hybridized carbons (Fsp3) is 0.567. The standard InChI is InChI=1S/C30H32F7N7O2/c1-13-20(30(35,36)37)15(10-16(38)21(13)31)23-22(32)24-19-26(43-9-7-39-11-18(43)14(2)46-27(19)40-23)42-28(41-24)45-12-29-5-3-8-44(29)17(4-6-29)25(33)34/h10,14,17-18,25,39H,3-9,11-12,38H2,1-2H3/t14-,17+,18-,29+/m0/s1. The van der Waals surface area contributed by atoms with Gasteiger partial charge in [0.2, 0.25) is 5.88 Å². The molecule has 3 aromatic rings. The van der Waals surface area contributed by atoms with Gasteiger partial charge in [-0.2, -0.15) is 23.1 Å². The summed E-state index contributed by atoms with van der Waals surface area (Å²) in [4.78, 5) is 16.9. The van der Waals surface area contributed by atoms with E-state index in [0.29, 0.717) is 57.9 Å². The van der Waals surface area contributed by atoms with Crippen LogP contribution < -0.4 is 25.4 Å². The van der Waals surface area contributed by atoms with Crippen molar-refractivity contribution < 1.29 is 40.2 Å². The lowest BCUT2D eigenvalue weighted by molar-refractivity contribution is -0.137. The summed E-state index contributed by atoms with van der Waals surface area (Å²) in [6, 6.07) is -0.768. The molecule has 4 aliphatic heterocycles. The van der Waals surface area contributed by atoms with Gasteiger partial charge in [0.1, 0.15) is 40.9 Å². The van der Waals surface area contributed by atoms with Crippen LogP contribution in [0.1, 0.15) is 43.7 Å². The van der Waals surface area contributed by atoms with Gasteiger partial charge in [0.05, 0.1) is 28.9 Å². The Morgan fingerprint density at radius 1 is 1.15 bits per heavy atom. The number of alkyl halides is 5. The quantitative estimate of drug-likeness (QED) is 0.288. The van der Waals surface area contributed by atoms with E-state index in [2.05, 4.69) is 20.3 Å². The van der Waals surface area contributed by atoms with Gasteiger partial charge in [-0.15, -0.1) is 0 Å². The molecule has 16 heteroatoms. The van der Waals surface area contributed by atoms with Gasteiger partial charge < -0.3 is 25.4 Å². The summed E-state index contributed by atoms with van der Waals surface area (Å²) < 4.78 is 114. The number of fused-ring (bicyclic) bond motifs is 3. The fourth-order valence-electron chi connectivity index (χ4n) is 7.68. The second kappa shape index (κ2) is 11.0. The number of anilines is 2. The third kappa shape index (κ3) is 4.78. The number of halogens is 7. The van der Waals surface area contributed by atoms with E-state index in [9.17, 15) is 26.3 Å². The number of ether oxygens (including phenoxy) is 2. The molecule has 1 aromatic carbocycles. The SMILES string of the molecule is Cc1c(F)c(N)cc(-c2nc3c4c(nc(OC[C@]56CCCN5[C@@H](C(F)F)CC6)nc4c2F)N2CCNC[C@H]2[C@H](C)O3)c1C(F)(F)F. The van der Waals surface area contributed by atoms with Crippen LogP contribution in [0.2, 0.25) is 0 Å². The average Bonchev–Trinajstić information content (AvgIpc) is 3.55. The molecule has 4 aliphatic rings. The number of nitrogen functional groups attached to an aromatic ring is 1. The third-order valence-corrected chi connectivity index (χ3v) is 9.89. The molecule has 0 bridgehead atoms. The molecule has 46 heavy (non-hydrogen) atoms. The van der Waals surface area contributed by atoms with Crippen LogP contribution in [0.3, 0.4) is 0 Å². The molecule has 6 heterocycles. The Kier molecular flexibility index (Phi) is 7.38. The molecule has 0 aliphatic carbocycles.